The molecule has 1 aliphatic rings. The number of halogens is 7. The SMILES string of the molecule is Cc1cc(F)ccc1[C@@H]1C[C@H](NC(=O)C(C)O)CCN1C(=O)N(C)Cc1cc(C(F)(F)F)cc(C(F)(F)F)c1. The molecule has 39 heavy (non-hydrogen) atoms. The lowest BCUT2D eigenvalue weighted by Crippen LogP contribution is -2.52. The monoisotopic (exact) mass is 563 g/mol. The molecule has 2 aromatic carbocycles. The second kappa shape index (κ2) is 11.4. The molecule has 2 N–H and O–H groups in total. The highest BCUT2D eigenvalue weighted by Gasteiger charge is 2.38. The number of nitrogens with one attached hydrogen (secondary N) is 1. The molecule has 0 radical (unpaired) electrons. The Balaban J connectivity index is 1.90. The Morgan fingerprint density at radius 2 is 1.67 bits per heavy atom. The number of aliphatic hydroxyl groups excluding tert-OH is 1. The van der Waals surface area contributed by atoms with Gasteiger partial charge in [-0.05, 0) is 73.7 Å². The molecule has 0 bridgehead atoms. The average Bonchev–Trinajstić information content (AvgIpc) is 2.82. The van der Waals surface area contributed by atoms with Crippen LogP contribution in [-0.4, -0.2) is 52.6 Å². The summed E-state index contributed by atoms with van der Waals surface area (Å²) in [4.78, 5) is 27.9. The van der Waals surface area contributed by atoms with Crippen molar-refractivity contribution in [3.05, 3.63) is 70.0 Å². The van der Waals surface area contributed by atoms with Gasteiger partial charge in [-0.25, -0.2) is 9.18 Å². The van der Waals surface area contributed by atoms with Crippen LogP contribution in [0, 0.1) is 12.7 Å². The van der Waals surface area contributed by atoms with Gasteiger partial charge in [-0.1, -0.05) is 6.07 Å². The third kappa shape index (κ3) is 7.40. The predicted molar refractivity (Wildman–Crippen MR) is 127 cm³/mol. The zero-order valence-electron chi connectivity index (χ0n) is 21.3. The van der Waals surface area contributed by atoms with Gasteiger partial charge < -0.3 is 20.2 Å². The second-order valence-electron chi connectivity index (χ2n) is 9.67. The first-order chi connectivity index (χ1) is 18.0. The fourth-order valence-electron chi connectivity index (χ4n) is 4.63. The highest BCUT2D eigenvalue weighted by Crippen LogP contribution is 2.37. The lowest BCUT2D eigenvalue weighted by atomic mass is 9.89. The van der Waals surface area contributed by atoms with Gasteiger partial charge in [0, 0.05) is 26.2 Å². The van der Waals surface area contributed by atoms with E-state index >= 15 is 0 Å². The lowest BCUT2D eigenvalue weighted by molar-refractivity contribution is -0.143. The smallest absolute Gasteiger partial charge is 0.384 e. The molecule has 214 valence electrons. The van der Waals surface area contributed by atoms with Crippen LogP contribution in [-0.2, 0) is 23.7 Å². The Kier molecular flexibility index (Phi) is 8.83. The Hall–Kier alpha value is -3.35. The summed E-state index contributed by atoms with van der Waals surface area (Å²) in [5, 5.41) is 12.2. The first-order valence-corrected chi connectivity index (χ1v) is 12.0. The van der Waals surface area contributed by atoms with Crippen LogP contribution < -0.4 is 5.32 Å². The summed E-state index contributed by atoms with van der Waals surface area (Å²) in [7, 11) is 1.26. The zero-order chi connectivity index (χ0) is 29.3. The van der Waals surface area contributed by atoms with Gasteiger partial charge in [-0.3, -0.25) is 4.79 Å². The molecule has 3 atom stereocenters. The van der Waals surface area contributed by atoms with Crippen LogP contribution in [0.1, 0.15) is 53.6 Å². The molecule has 0 spiro atoms. The van der Waals surface area contributed by atoms with Crippen molar-refractivity contribution in [3.63, 3.8) is 0 Å². The van der Waals surface area contributed by atoms with Gasteiger partial charge in [0.15, 0.2) is 0 Å². The van der Waals surface area contributed by atoms with Gasteiger partial charge in [-0.15, -0.1) is 0 Å². The summed E-state index contributed by atoms with van der Waals surface area (Å²) in [5.41, 5.74) is -2.25. The van der Waals surface area contributed by atoms with Gasteiger partial charge in [0.05, 0.1) is 17.2 Å². The topological polar surface area (TPSA) is 72.9 Å². The lowest BCUT2D eigenvalue weighted by Gasteiger charge is -2.42. The van der Waals surface area contributed by atoms with E-state index in [4.69, 9.17) is 0 Å². The standard InChI is InChI=1S/C26H28F7N3O3/c1-14-8-19(27)4-5-21(14)22-12-20(34-23(38)15(2)37)6-7-36(22)24(39)35(3)13-16-9-17(25(28,29)30)11-18(10-16)26(31,32)33/h4-5,8-11,15,20,22,37H,6-7,12-13H2,1-3H3,(H,34,38)/t15?,20-,22+/m1/s1. The third-order valence-electron chi connectivity index (χ3n) is 6.56. The van der Waals surface area contributed by atoms with Crippen LogP contribution in [0.3, 0.4) is 0 Å². The number of aryl methyl sites for hydroxylation is 1. The van der Waals surface area contributed by atoms with Crippen LogP contribution >= 0.6 is 0 Å². The van der Waals surface area contributed by atoms with E-state index in [1.165, 1.54) is 37.1 Å². The van der Waals surface area contributed by atoms with E-state index in [-0.39, 0.29) is 31.0 Å². The van der Waals surface area contributed by atoms with E-state index in [1.807, 2.05) is 0 Å². The van der Waals surface area contributed by atoms with E-state index in [1.54, 1.807) is 6.92 Å². The third-order valence-corrected chi connectivity index (χ3v) is 6.56. The molecule has 3 rings (SSSR count). The quantitative estimate of drug-likeness (QED) is 0.477. The van der Waals surface area contributed by atoms with Crippen molar-refractivity contribution >= 4 is 11.9 Å². The molecule has 1 fully saturated rings. The van der Waals surface area contributed by atoms with E-state index in [0.29, 0.717) is 23.3 Å². The van der Waals surface area contributed by atoms with Crippen LogP contribution in [0.4, 0.5) is 35.5 Å². The zero-order valence-corrected chi connectivity index (χ0v) is 21.3. The molecule has 1 aliphatic heterocycles. The fourth-order valence-corrected chi connectivity index (χ4v) is 4.63. The number of carbonyl (C=O) groups excluding carboxylic acids is 2. The summed E-state index contributed by atoms with van der Waals surface area (Å²) in [5.74, 6) is -1.12. The minimum absolute atomic E-state index is 0.0188. The normalized spacial score (nSPS) is 19.0. The summed E-state index contributed by atoms with van der Waals surface area (Å²) >= 11 is 0. The number of aliphatic hydroxyl groups is 1. The number of nitrogens with zero attached hydrogens (tertiary/aromatic N) is 2. The minimum atomic E-state index is -5.03. The Morgan fingerprint density at radius 1 is 1.08 bits per heavy atom. The maximum Gasteiger partial charge on any atom is 0.416 e. The van der Waals surface area contributed by atoms with Crippen molar-refractivity contribution in [2.45, 2.75) is 63.8 Å². The fraction of sp³-hybridized carbons (Fsp3) is 0.462. The molecule has 1 saturated heterocycles. The molecule has 13 heteroatoms. The molecular formula is C26H28F7N3O3. The van der Waals surface area contributed by atoms with E-state index < -0.39 is 66.0 Å². The predicted octanol–water partition coefficient (Wildman–Crippen LogP) is 5.43. The highest BCUT2D eigenvalue weighted by atomic mass is 19.4. The Morgan fingerprint density at radius 3 is 2.18 bits per heavy atom. The molecule has 0 aromatic heterocycles. The number of benzene rings is 2. The maximum atomic E-state index is 13.8. The minimum Gasteiger partial charge on any atom is -0.384 e. The van der Waals surface area contributed by atoms with Crippen LogP contribution in [0.5, 0.6) is 0 Å². The van der Waals surface area contributed by atoms with Crippen molar-refractivity contribution in [3.8, 4) is 0 Å². The van der Waals surface area contributed by atoms with Crippen LogP contribution in [0.25, 0.3) is 0 Å². The maximum absolute atomic E-state index is 13.8. The first kappa shape index (κ1) is 30.2. The second-order valence-corrected chi connectivity index (χ2v) is 9.67. The molecule has 1 heterocycles. The van der Waals surface area contributed by atoms with Crippen molar-refractivity contribution < 1.29 is 45.4 Å². The molecule has 2 aromatic rings. The van der Waals surface area contributed by atoms with E-state index in [9.17, 15) is 45.4 Å². The number of alkyl halides is 6. The number of urea groups is 1. The Bertz CT molecular complexity index is 1180. The van der Waals surface area contributed by atoms with Crippen molar-refractivity contribution in [1.82, 2.24) is 15.1 Å². The highest BCUT2D eigenvalue weighted by molar-refractivity contribution is 5.80. The van der Waals surface area contributed by atoms with Gasteiger partial charge in [0.25, 0.3) is 0 Å². The van der Waals surface area contributed by atoms with Crippen molar-refractivity contribution in [2.24, 2.45) is 0 Å². The number of hydrogen-bond acceptors (Lipinski definition) is 3. The summed E-state index contributed by atoms with van der Waals surface area (Å²) in [6.07, 6.45) is -10.9. The number of piperidine rings is 1. The van der Waals surface area contributed by atoms with Gasteiger partial charge in [0.2, 0.25) is 5.91 Å². The summed E-state index contributed by atoms with van der Waals surface area (Å²) in [6, 6.07) is 3.29. The molecule has 3 amide bonds. The van der Waals surface area contributed by atoms with Crippen molar-refractivity contribution in [2.75, 3.05) is 13.6 Å². The van der Waals surface area contributed by atoms with Gasteiger partial charge >= 0.3 is 18.4 Å². The van der Waals surface area contributed by atoms with Crippen molar-refractivity contribution in [1.29, 1.82) is 0 Å². The van der Waals surface area contributed by atoms with E-state index in [2.05, 4.69) is 5.32 Å². The molecule has 0 aliphatic carbocycles. The van der Waals surface area contributed by atoms with Gasteiger partial charge in [-0.2, -0.15) is 26.3 Å². The van der Waals surface area contributed by atoms with Crippen LogP contribution in [0.15, 0.2) is 36.4 Å². The van der Waals surface area contributed by atoms with E-state index in [0.717, 1.165) is 4.90 Å². The number of rotatable bonds is 5. The summed E-state index contributed by atoms with van der Waals surface area (Å²) in [6.45, 7) is 2.46. The molecule has 1 unspecified atom stereocenters. The molecule has 6 nitrogen and oxygen atoms in total. The molecular weight excluding hydrogens is 535 g/mol. The molecule has 0 saturated carbocycles. The number of hydrogen-bond donors (Lipinski definition) is 2. The van der Waals surface area contributed by atoms with Crippen LogP contribution in [0.2, 0.25) is 0 Å². The Labute approximate surface area is 220 Å². The van der Waals surface area contributed by atoms with Gasteiger partial charge in [0.1, 0.15) is 11.9 Å². The largest absolute Gasteiger partial charge is 0.416 e. The summed E-state index contributed by atoms with van der Waals surface area (Å²) < 4.78 is 93.4. The number of carbonyl (C=O) groups is 2. The number of likely N-dealkylation sites (tertiary alicyclic amines) is 1. The first-order valence-electron chi connectivity index (χ1n) is 12.0. The number of amides is 3. The average molecular weight is 564 g/mol.